The van der Waals surface area contributed by atoms with Gasteiger partial charge < -0.3 is 30.6 Å². The highest BCUT2D eigenvalue weighted by Crippen LogP contribution is 2.35. The van der Waals surface area contributed by atoms with E-state index in [1.54, 1.807) is 36.1 Å². The average Bonchev–Trinajstić information content (AvgIpc) is 3.92. The number of carbonyl (C=O) groups excluding carboxylic acids is 2. The molecule has 1 saturated heterocycles. The van der Waals surface area contributed by atoms with Crippen LogP contribution in [0, 0.1) is 0 Å². The molecular weight excluding hydrogens is 659 g/mol. The van der Waals surface area contributed by atoms with Crippen LogP contribution in [0.2, 0.25) is 0 Å². The molecule has 1 fully saturated rings. The van der Waals surface area contributed by atoms with E-state index in [0.717, 1.165) is 45.6 Å². The highest BCUT2D eigenvalue weighted by atomic mass is 32.2. The Bertz CT molecular complexity index is 1850. The molecule has 4 aromatic rings. The first-order valence-corrected chi connectivity index (χ1v) is 17.5. The molecular formula is C35H41N9O5S. The van der Waals surface area contributed by atoms with Crippen molar-refractivity contribution in [1.29, 1.82) is 0 Å². The lowest BCUT2D eigenvalue weighted by Crippen LogP contribution is -2.59. The Kier molecular flexibility index (Phi) is 10.8. The van der Waals surface area contributed by atoms with Crippen molar-refractivity contribution < 1.29 is 24.5 Å². The number of nitrogens with one attached hydrogen (secondary N) is 3. The minimum absolute atomic E-state index is 0.0182. The molecule has 2 atom stereocenters. The number of amides is 2. The van der Waals surface area contributed by atoms with Crippen LogP contribution in [0.3, 0.4) is 0 Å². The molecule has 0 radical (unpaired) electrons. The van der Waals surface area contributed by atoms with Crippen molar-refractivity contribution in [2.24, 2.45) is 7.05 Å². The molecule has 3 aliphatic heterocycles. The molecule has 0 saturated carbocycles. The van der Waals surface area contributed by atoms with Crippen molar-refractivity contribution in [1.82, 2.24) is 35.0 Å². The van der Waals surface area contributed by atoms with E-state index in [1.807, 2.05) is 74.0 Å². The van der Waals surface area contributed by atoms with Crippen molar-refractivity contribution >= 4 is 41.0 Å². The third-order valence-corrected chi connectivity index (χ3v) is 10.1. The minimum Gasteiger partial charge on any atom is -0.481 e. The summed E-state index contributed by atoms with van der Waals surface area (Å²) in [7, 11) is 3.43. The van der Waals surface area contributed by atoms with Crippen LogP contribution in [0.4, 0.5) is 11.4 Å². The number of ether oxygens (including phenoxy) is 1. The zero-order valence-electron chi connectivity index (χ0n) is 28.1. The van der Waals surface area contributed by atoms with Crippen molar-refractivity contribution in [2.45, 2.75) is 30.0 Å². The van der Waals surface area contributed by atoms with E-state index in [9.17, 15) is 19.8 Å². The van der Waals surface area contributed by atoms with Crippen LogP contribution >= 0.6 is 11.8 Å². The van der Waals surface area contributed by atoms with Gasteiger partial charge in [0.25, 0.3) is 5.91 Å². The minimum atomic E-state index is -2.44. The number of likely N-dealkylation sites (tertiary alicyclic amines) is 1. The number of fused-ring (bicyclic) bond motifs is 1. The summed E-state index contributed by atoms with van der Waals surface area (Å²) in [5.74, 6) is -1.82. The monoisotopic (exact) mass is 699 g/mol. The Labute approximate surface area is 294 Å². The molecule has 14 nitrogen and oxygen atoms in total. The van der Waals surface area contributed by atoms with E-state index in [0.29, 0.717) is 56.0 Å². The zero-order chi connectivity index (χ0) is 35.3. The molecule has 1 unspecified atom stereocenters. The standard InChI is InChI=1S/C21H27N5O3S.C14H14N4O2/c1-24-14-22-19(23-24)17-5-3-15(4-6-17)16-7-10-25(11-8-16)20(27)21(28,29)26-12-9-18(13-26)30-2;1-20-13-6-9(4-5-15-13)14-11-7-10(16-8-19)2-3-12(11)17-18-14/h3-7,14,18,28-29H,8-13H2,1-2H3;2-8,14,17-18H,1H3,(H,16,19)/t18-;/m0./s1. The van der Waals surface area contributed by atoms with Crippen LogP contribution < -0.4 is 20.9 Å². The molecule has 2 aromatic carbocycles. The molecule has 0 aliphatic carbocycles. The number of pyridine rings is 1. The van der Waals surface area contributed by atoms with Gasteiger partial charge in [0.05, 0.1) is 18.8 Å². The van der Waals surface area contributed by atoms with E-state index < -0.39 is 11.8 Å². The summed E-state index contributed by atoms with van der Waals surface area (Å²) in [5, 5.41) is 28.3. The quantitative estimate of drug-likeness (QED) is 0.128. The number of hydrogen-bond donors (Lipinski definition) is 5. The highest BCUT2D eigenvalue weighted by molar-refractivity contribution is 7.99. The molecule has 5 heterocycles. The fraction of sp³-hybridized carbons (Fsp3) is 0.343. The third-order valence-electron chi connectivity index (χ3n) is 9.06. The molecule has 0 bridgehead atoms. The largest absolute Gasteiger partial charge is 0.481 e. The summed E-state index contributed by atoms with van der Waals surface area (Å²) < 4.78 is 6.82. The van der Waals surface area contributed by atoms with E-state index in [4.69, 9.17) is 4.74 Å². The number of carbonyl (C=O) groups is 2. The fourth-order valence-electron chi connectivity index (χ4n) is 6.25. The normalized spacial score (nSPS) is 18.7. The van der Waals surface area contributed by atoms with Crippen molar-refractivity contribution in [2.75, 3.05) is 50.3 Å². The first kappa shape index (κ1) is 35.0. The highest BCUT2D eigenvalue weighted by Gasteiger charge is 2.46. The first-order chi connectivity index (χ1) is 24.2. The van der Waals surface area contributed by atoms with Gasteiger partial charge in [-0.3, -0.25) is 14.3 Å². The number of thioether (sulfide) groups is 1. The van der Waals surface area contributed by atoms with Gasteiger partial charge in [-0.25, -0.2) is 20.3 Å². The van der Waals surface area contributed by atoms with Crippen LogP contribution in [0.15, 0.2) is 73.2 Å². The van der Waals surface area contributed by atoms with Gasteiger partial charge >= 0.3 is 5.91 Å². The van der Waals surface area contributed by atoms with E-state index in [2.05, 4.69) is 31.2 Å². The molecule has 2 aromatic heterocycles. The summed E-state index contributed by atoms with van der Waals surface area (Å²) in [4.78, 5) is 34.7. The Morgan fingerprint density at radius 3 is 2.56 bits per heavy atom. The van der Waals surface area contributed by atoms with Crippen LogP contribution in [0.25, 0.3) is 17.0 Å². The second kappa shape index (κ2) is 15.4. The molecule has 5 N–H and O–H groups in total. The summed E-state index contributed by atoms with van der Waals surface area (Å²) in [6, 6.07) is 17.5. The number of aromatic nitrogens is 4. The Morgan fingerprint density at radius 2 is 1.90 bits per heavy atom. The molecule has 262 valence electrons. The second-order valence-electron chi connectivity index (χ2n) is 12.2. The molecule has 2 amide bonds. The van der Waals surface area contributed by atoms with Gasteiger partial charge in [0.15, 0.2) is 5.82 Å². The van der Waals surface area contributed by atoms with Gasteiger partial charge in [0, 0.05) is 67.6 Å². The number of benzene rings is 2. The maximum Gasteiger partial charge on any atom is 0.309 e. The number of aliphatic hydroxyl groups is 2. The van der Waals surface area contributed by atoms with E-state index in [1.165, 1.54) is 9.80 Å². The molecule has 3 aliphatic rings. The topological polar surface area (TPSA) is 170 Å². The number of methoxy groups -OCH3 is 1. The van der Waals surface area contributed by atoms with Crippen LogP contribution in [-0.4, -0.2) is 103 Å². The Hall–Kier alpha value is -4.80. The molecule has 15 heteroatoms. The van der Waals surface area contributed by atoms with Crippen LogP contribution in [0.5, 0.6) is 5.88 Å². The Morgan fingerprint density at radius 1 is 1.10 bits per heavy atom. The lowest BCUT2D eigenvalue weighted by molar-refractivity contribution is -0.253. The second-order valence-corrected chi connectivity index (χ2v) is 13.3. The van der Waals surface area contributed by atoms with Gasteiger partial charge in [-0.1, -0.05) is 30.3 Å². The number of nitrogens with zero attached hydrogens (tertiary/aromatic N) is 6. The maximum absolute atomic E-state index is 12.8. The number of rotatable bonds is 9. The molecule has 0 spiro atoms. The van der Waals surface area contributed by atoms with Crippen molar-refractivity contribution in [3.8, 4) is 17.3 Å². The lowest BCUT2D eigenvalue weighted by atomic mass is 9.98. The molecule has 50 heavy (non-hydrogen) atoms. The lowest BCUT2D eigenvalue weighted by Gasteiger charge is -2.36. The third kappa shape index (κ3) is 7.66. The van der Waals surface area contributed by atoms with Crippen LogP contribution in [-0.2, 0) is 16.6 Å². The Balaban J connectivity index is 0.000000187. The first-order valence-electron chi connectivity index (χ1n) is 16.2. The maximum atomic E-state index is 12.8. The predicted molar refractivity (Wildman–Crippen MR) is 192 cm³/mol. The van der Waals surface area contributed by atoms with Crippen LogP contribution in [0.1, 0.15) is 35.6 Å². The molecule has 7 rings (SSSR count). The summed E-state index contributed by atoms with van der Waals surface area (Å²) in [6.45, 7) is 1.83. The van der Waals surface area contributed by atoms with Gasteiger partial charge in [-0.15, -0.1) is 0 Å². The average molecular weight is 700 g/mol. The van der Waals surface area contributed by atoms with Crippen molar-refractivity contribution in [3.63, 3.8) is 0 Å². The van der Waals surface area contributed by atoms with Gasteiger partial charge in [-0.2, -0.15) is 16.9 Å². The van der Waals surface area contributed by atoms with E-state index in [-0.39, 0.29) is 6.04 Å². The zero-order valence-corrected chi connectivity index (χ0v) is 28.9. The number of hydrogen-bond acceptors (Lipinski definition) is 12. The number of aryl methyl sites for hydroxylation is 1. The fourth-order valence-corrected chi connectivity index (χ4v) is 6.92. The van der Waals surface area contributed by atoms with Gasteiger partial charge in [-0.05, 0) is 60.1 Å². The summed E-state index contributed by atoms with van der Waals surface area (Å²) >= 11 is 1.69. The van der Waals surface area contributed by atoms with Crippen molar-refractivity contribution in [3.05, 3.63) is 89.9 Å². The van der Waals surface area contributed by atoms with E-state index >= 15 is 0 Å². The number of hydrazine groups is 1. The smallest absolute Gasteiger partial charge is 0.309 e. The summed E-state index contributed by atoms with van der Waals surface area (Å²) in [6.07, 6.45) is 9.55. The predicted octanol–water partition coefficient (Wildman–Crippen LogP) is 2.85. The SMILES string of the molecule is COc1cc(C2NNc3ccc(NC=O)cc32)ccn1.CS[C@H]1CCN(C(O)(O)C(=O)N2CC=C(c3ccc(-c4ncn(C)n4)cc3)CC2)C1. The van der Waals surface area contributed by atoms with Gasteiger partial charge in [0.1, 0.15) is 6.33 Å². The number of anilines is 2. The van der Waals surface area contributed by atoms with Gasteiger partial charge in [0.2, 0.25) is 12.3 Å². The summed E-state index contributed by atoms with van der Waals surface area (Å²) in [5.41, 5.74) is 13.4.